The van der Waals surface area contributed by atoms with Crippen LogP contribution in [0.1, 0.15) is 13.8 Å². The van der Waals surface area contributed by atoms with Crippen LogP contribution in [0.15, 0.2) is 0 Å². The standard InChI is InChI=1S/C11H20N4O4S2/c1-6(16)14-8(10(12)18)4-20-21-5-9(11(19)13-3)15-7(2)17/h8-9H,4-5H2,1-3H3,(H2,12,18)(H,13,19)(H,14,16)(H,15,17)/t8-,9-/m0/s1. The van der Waals surface area contributed by atoms with Crippen molar-refractivity contribution in [3.63, 3.8) is 0 Å². The lowest BCUT2D eigenvalue weighted by molar-refractivity contribution is -0.127. The number of likely N-dealkylation sites (N-methyl/N-ethyl adjacent to an activating group) is 1. The minimum Gasteiger partial charge on any atom is -0.368 e. The number of carbonyl (C=O) groups is 4. The predicted octanol–water partition coefficient (Wildman–Crippen LogP) is -1.39. The topological polar surface area (TPSA) is 130 Å². The van der Waals surface area contributed by atoms with Crippen molar-refractivity contribution in [2.24, 2.45) is 5.73 Å². The third-order valence-electron chi connectivity index (χ3n) is 2.21. The molecule has 21 heavy (non-hydrogen) atoms. The van der Waals surface area contributed by atoms with Gasteiger partial charge in [0, 0.05) is 32.4 Å². The van der Waals surface area contributed by atoms with Crippen LogP contribution < -0.4 is 21.7 Å². The summed E-state index contributed by atoms with van der Waals surface area (Å²) in [6, 6.07) is -1.42. The Hall–Kier alpha value is -1.42. The molecule has 0 unspecified atom stereocenters. The lowest BCUT2D eigenvalue weighted by atomic mass is 10.3. The summed E-state index contributed by atoms with van der Waals surface area (Å²) in [4.78, 5) is 44.6. The van der Waals surface area contributed by atoms with Gasteiger partial charge in [-0.05, 0) is 0 Å². The Kier molecular flexibility index (Phi) is 9.63. The Morgan fingerprint density at radius 1 is 0.952 bits per heavy atom. The maximum absolute atomic E-state index is 11.5. The van der Waals surface area contributed by atoms with Crippen LogP contribution in [0.5, 0.6) is 0 Å². The molecule has 8 nitrogen and oxygen atoms in total. The van der Waals surface area contributed by atoms with Crippen LogP contribution >= 0.6 is 21.6 Å². The molecule has 0 aliphatic heterocycles. The Bertz CT molecular complexity index is 406. The van der Waals surface area contributed by atoms with Gasteiger partial charge in [-0.3, -0.25) is 19.2 Å². The van der Waals surface area contributed by atoms with Crippen molar-refractivity contribution < 1.29 is 19.2 Å². The molecule has 120 valence electrons. The Morgan fingerprint density at radius 2 is 1.38 bits per heavy atom. The van der Waals surface area contributed by atoms with Crippen molar-refractivity contribution in [1.82, 2.24) is 16.0 Å². The summed E-state index contributed by atoms with van der Waals surface area (Å²) in [5, 5.41) is 7.42. The second-order valence-electron chi connectivity index (χ2n) is 4.09. The van der Waals surface area contributed by atoms with Crippen molar-refractivity contribution >= 4 is 45.2 Å². The van der Waals surface area contributed by atoms with Gasteiger partial charge in [-0.2, -0.15) is 0 Å². The zero-order chi connectivity index (χ0) is 16.4. The number of carbonyl (C=O) groups excluding carboxylic acids is 4. The van der Waals surface area contributed by atoms with Crippen molar-refractivity contribution in [1.29, 1.82) is 0 Å². The van der Waals surface area contributed by atoms with Gasteiger partial charge < -0.3 is 21.7 Å². The van der Waals surface area contributed by atoms with E-state index < -0.39 is 18.0 Å². The van der Waals surface area contributed by atoms with E-state index in [1.54, 1.807) is 0 Å². The van der Waals surface area contributed by atoms with Crippen LogP contribution in [-0.2, 0) is 19.2 Å². The molecule has 0 heterocycles. The highest BCUT2D eigenvalue weighted by molar-refractivity contribution is 8.76. The number of primary amides is 1. The molecule has 10 heteroatoms. The lowest BCUT2D eigenvalue weighted by Crippen LogP contribution is -2.46. The molecule has 0 aromatic carbocycles. The fourth-order valence-corrected chi connectivity index (χ4v) is 3.62. The van der Waals surface area contributed by atoms with E-state index in [1.165, 1.54) is 42.5 Å². The maximum atomic E-state index is 11.5. The first kappa shape index (κ1) is 19.6. The minimum atomic E-state index is -0.765. The van der Waals surface area contributed by atoms with Gasteiger partial charge in [0.2, 0.25) is 23.6 Å². The zero-order valence-electron chi connectivity index (χ0n) is 12.1. The normalized spacial score (nSPS) is 12.9. The highest BCUT2D eigenvalue weighted by atomic mass is 33.1. The molecule has 0 radical (unpaired) electrons. The van der Waals surface area contributed by atoms with Crippen molar-refractivity contribution in [3.05, 3.63) is 0 Å². The molecule has 0 aromatic rings. The number of hydrogen-bond donors (Lipinski definition) is 4. The first-order valence-electron chi connectivity index (χ1n) is 6.07. The summed E-state index contributed by atoms with van der Waals surface area (Å²) >= 11 is 0. The number of nitrogens with one attached hydrogen (secondary N) is 3. The Morgan fingerprint density at radius 3 is 1.76 bits per heavy atom. The fraction of sp³-hybridized carbons (Fsp3) is 0.636. The van der Waals surface area contributed by atoms with E-state index in [1.807, 2.05) is 0 Å². The van der Waals surface area contributed by atoms with Gasteiger partial charge in [0.15, 0.2) is 0 Å². The average molecular weight is 336 g/mol. The molecule has 0 spiro atoms. The highest BCUT2D eigenvalue weighted by Gasteiger charge is 2.20. The molecule has 0 saturated carbocycles. The monoisotopic (exact) mass is 336 g/mol. The van der Waals surface area contributed by atoms with Gasteiger partial charge in [0.25, 0.3) is 0 Å². The lowest BCUT2D eigenvalue weighted by Gasteiger charge is -2.17. The first-order valence-corrected chi connectivity index (χ1v) is 8.56. The maximum Gasteiger partial charge on any atom is 0.243 e. The van der Waals surface area contributed by atoms with Crippen LogP contribution in [-0.4, -0.2) is 54.3 Å². The van der Waals surface area contributed by atoms with Gasteiger partial charge in [0.1, 0.15) is 12.1 Å². The smallest absolute Gasteiger partial charge is 0.243 e. The summed E-state index contributed by atoms with van der Waals surface area (Å²) in [6.07, 6.45) is 0. The van der Waals surface area contributed by atoms with E-state index >= 15 is 0 Å². The zero-order valence-corrected chi connectivity index (χ0v) is 13.7. The Labute approximate surface area is 131 Å². The van der Waals surface area contributed by atoms with Crippen LogP contribution in [0.2, 0.25) is 0 Å². The summed E-state index contributed by atoms with van der Waals surface area (Å²) < 4.78 is 0. The largest absolute Gasteiger partial charge is 0.368 e. The van der Waals surface area contributed by atoms with Crippen LogP contribution in [0, 0.1) is 0 Å². The molecule has 0 aliphatic carbocycles. The average Bonchev–Trinajstić information content (AvgIpc) is 2.38. The van der Waals surface area contributed by atoms with Crippen molar-refractivity contribution in [3.8, 4) is 0 Å². The number of amides is 4. The predicted molar refractivity (Wildman–Crippen MR) is 83.4 cm³/mol. The van der Waals surface area contributed by atoms with Crippen LogP contribution in [0.3, 0.4) is 0 Å². The van der Waals surface area contributed by atoms with E-state index in [0.717, 1.165) is 0 Å². The molecule has 5 N–H and O–H groups in total. The van der Waals surface area contributed by atoms with Crippen molar-refractivity contribution in [2.45, 2.75) is 25.9 Å². The first-order chi connectivity index (χ1) is 9.77. The molecule has 2 atom stereocenters. The molecule has 0 fully saturated rings. The van der Waals surface area contributed by atoms with E-state index in [-0.39, 0.29) is 23.5 Å². The van der Waals surface area contributed by atoms with Crippen LogP contribution in [0.25, 0.3) is 0 Å². The van der Waals surface area contributed by atoms with E-state index in [9.17, 15) is 19.2 Å². The number of nitrogens with two attached hydrogens (primary N) is 1. The summed E-state index contributed by atoms with van der Waals surface area (Å²) in [7, 11) is 4.07. The highest BCUT2D eigenvalue weighted by Crippen LogP contribution is 2.23. The van der Waals surface area contributed by atoms with Gasteiger partial charge in [-0.15, -0.1) is 0 Å². The van der Waals surface area contributed by atoms with Gasteiger partial charge in [-0.25, -0.2) is 0 Å². The molecular formula is C11H20N4O4S2. The molecule has 0 aromatic heterocycles. The van der Waals surface area contributed by atoms with Gasteiger partial charge in [0.05, 0.1) is 0 Å². The van der Waals surface area contributed by atoms with Gasteiger partial charge in [-0.1, -0.05) is 21.6 Å². The SMILES string of the molecule is CNC(=O)[C@H](CSSC[C@H](NC(C)=O)C(N)=O)NC(C)=O. The van der Waals surface area contributed by atoms with Crippen molar-refractivity contribution in [2.75, 3.05) is 18.6 Å². The Balaban J connectivity index is 4.24. The third-order valence-corrected chi connectivity index (χ3v) is 4.64. The molecule has 0 bridgehead atoms. The summed E-state index contributed by atoms with van der Waals surface area (Å²) in [6.45, 7) is 2.62. The second-order valence-corrected chi connectivity index (χ2v) is 6.64. The second kappa shape index (κ2) is 10.3. The summed E-state index contributed by atoms with van der Waals surface area (Å²) in [5.74, 6) is -0.960. The molecule has 0 rings (SSSR count). The number of rotatable bonds is 9. The summed E-state index contributed by atoms with van der Waals surface area (Å²) in [5.41, 5.74) is 5.17. The third kappa shape index (κ3) is 9.19. The molecule has 0 saturated heterocycles. The number of hydrogen-bond acceptors (Lipinski definition) is 6. The van der Waals surface area contributed by atoms with Gasteiger partial charge >= 0.3 is 0 Å². The quantitative estimate of drug-likeness (QED) is 0.303. The van der Waals surface area contributed by atoms with E-state index in [4.69, 9.17) is 5.73 Å². The van der Waals surface area contributed by atoms with E-state index in [0.29, 0.717) is 5.75 Å². The fourth-order valence-electron chi connectivity index (χ4n) is 1.28. The minimum absolute atomic E-state index is 0.278. The molecule has 0 aliphatic rings. The molecule has 4 amide bonds. The van der Waals surface area contributed by atoms with E-state index in [2.05, 4.69) is 16.0 Å². The van der Waals surface area contributed by atoms with Crippen LogP contribution in [0.4, 0.5) is 0 Å². The molecular weight excluding hydrogens is 316 g/mol.